The molecule has 2 heterocycles. The molecule has 0 bridgehead atoms. The van der Waals surface area contributed by atoms with Gasteiger partial charge in [-0.25, -0.2) is 4.98 Å². The number of amides is 1. The summed E-state index contributed by atoms with van der Waals surface area (Å²) in [4.78, 5) is 17.6. The number of nitrogens with one attached hydrogen (secondary N) is 2. The van der Waals surface area contributed by atoms with Crippen LogP contribution in [0.3, 0.4) is 0 Å². The fourth-order valence-corrected chi connectivity index (χ4v) is 4.19. The molecule has 3 aromatic rings. The van der Waals surface area contributed by atoms with E-state index in [4.69, 9.17) is 11.6 Å². The highest BCUT2D eigenvalue weighted by molar-refractivity contribution is 6.30. The maximum absolute atomic E-state index is 13.0. The van der Waals surface area contributed by atoms with Gasteiger partial charge in [0.25, 0.3) is 5.91 Å². The predicted molar refractivity (Wildman–Crippen MR) is 151 cm³/mol. The van der Waals surface area contributed by atoms with Gasteiger partial charge in [0.2, 0.25) is 0 Å². The summed E-state index contributed by atoms with van der Waals surface area (Å²) >= 11 is 6.09. The number of allylic oxidation sites excluding steroid dienone is 4. The van der Waals surface area contributed by atoms with E-state index in [9.17, 15) is 4.79 Å². The molecule has 6 heteroatoms. The number of rotatable bonds is 12. The smallest absolute Gasteiger partial charge is 0.270 e. The lowest BCUT2D eigenvalue weighted by atomic mass is 10.0. The van der Waals surface area contributed by atoms with Crippen molar-refractivity contribution in [2.75, 3.05) is 6.54 Å². The van der Waals surface area contributed by atoms with E-state index < -0.39 is 0 Å². The highest BCUT2D eigenvalue weighted by atomic mass is 35.5. The molecule has 0 fully saturated rings. The molecule has 0 saturated carbocycles. The van der Waals surface area contributed by atoms with Crippen molar-refractivity contribution in [1.29, 1.82) is 0 Å². The zero-order chi connectivity index (χ0) is 26.1. The van der Waals surface area contributed by atoms with Crippen molar-refractivity contribution in [1.82, 2.24) is 20.0 Å². The number of benzene rings is 1. The summed E-state index contributed by atoms with van der Waals surface area (Å²) in [5, 5.41) is 7.03. The van der Waals surface area contributed by atoms with Gasteiger partial charge in [-0.3, -0.25) is 9.20 Å². The van der Waals surface area contributed by atoms with Crippen LogP contribution in [0.2, 0.25) is 5.02 Å². The first-order valence-electron chi connectivity index (χ1n) is 12.7. The zero-order valence-electron chi connectivity index (χ0n) is 21.8. The third kappa shape index (κ3) is 7.11. The minimum atomic E-state index is -0.143. The number of nitrogens with zero attached hydrogens (tertiary/aromatic N) is 2. The SMILES string of the molecule is C=C(CCC)NC/C(C)=C/C=C(\CC)c1ccc(CNC(=O)c2c(CC)nc3cc(Cl)ccn23)cc1. The Kier molecular flexibility index (Phi) is 9.95. The van der Waals surface area contributed by atoms with E-state index in [1.165, 1.54) is 16.7 Å². The van der Waals surface area contributed by atoms with Gasteiger partial charge in [0.05, 0.1) is 5.69 Å². The Morgan fingerprint density at radius 1 is 1.11 bits per heavy atom. The van der Waals surface area contributed by atoms with Crippen LogP contribution in [0.4, 0.5) is 0 Å². The molecule has 0 unspecified atom stereocenters. The Morgan fingerprint density at radius 3 is 2.53 bits per heavy atom. The number of hydrogen-bond acceptors (Lipinski definition) is 3. The summed E-state index contributed by atoms with van der Waals surface area (Å²) in [5.41, 5.74) is 7.86. The van der Waals surface area contributed by atoms with Crippen molar-refractivity contribution in [2.24, 2.45) is 0 Å². The van der Waals surface area contributed by atoms with Crippen molar-refractivity contribution in [3.63, 3.8) is 0 Å². The lowest BCUT2D eigenvalue weighted by molar-refractivity contribution is 0.0944. The molecular formula is C30H37ClN4O. The maximum atomic E-state index is 13.0. The number of pyridine rings is 1. The third-order valence-electron chi connectivity index (χ3n) is 6.11. The standard InChI is InChI=1S/C30H37ClN4O/c1-6-9-22(5)32-19-21(4)10-13-24(7-2)25-14-11-23(12-15-25)20-33-30(36)29-27(8-3)34-28-18-26(31)16-17-35(28)29/h10-18,32H,5-9,19-20H2,1-4H3,(H,33,36)/b21-10+,24-13+. The third-order valence-corrected chi connectivity index (χ3v) is 6.34. The van der Waals surface area contributed by atoms with Crippen molar-refractivity contribution in [3.05, 3.63) is 100 Å². The summed E-state index contributed by atoms with van der Waals surface area (Å²) in [5.74, 6) is -0.143. The van der Waals surface area contributed by atoms with E-state index in [1.54, 1.807) is 22.7 Å². The summed E-state index contributed by atoms with van der Waals surface area (Å²) in [6.45, 7) is 13.8. The number of hydrogen-bond donors (Lipinski definition) is 2. The lowest BCUT2D eigenvalue weighted by Crippen LogP contribution is -2.25. The van der Waals surface area contributed by atoms with E-state index in [0.717, 1.165) is 42.8 Å². The second-order valence-corrected chi connectivity index (χ2v) is 9.42. The molecule has 0 saturated heterocycles. The van der Waals surface area contributed by atoms with Gasteiger partial charge in [0.15, 0.2) is 0 Å². The van der Waals surface area contributed by atoms with Crippen LogP contribution in [0.5, 0.6) is 0 Å². The van der Waals surface area contributed by atoms with Crippen LogP contribution in [0.25, 0.3) is 11.2 Å². The van der Waals surface area contributed by atoms with Crippen molar-refractivity contribution in [2.45, 2.75) is 59.9 Å². The van der Waals surface area contributed by atoms with Gasteiger partial charge in [0, 0.05) is 36.1 Å². The van der Waals surface area contributed by atoms with Gasteiger partial charge in [-0.15, -0.1) is 0 Å². The largest absolute Gasteiger partial charge is 0.385 e. The Balaban J connectivity index is 1.64. The fourth-order valence-electron chi connectivity index (χ4n) is 4.03. The second-order valence-electron chi connectivity index (χ2n) is 8.98. The number of fused-ring (bicyclic) bond motifs is 1. The number of carbonyl (C=O) groups is 1. The van der Waals surface area contributed by atoms with Crippen LogP contribution < -0.4 is 10.6 Å². The molecule has 2 aromatic heterocycles. The number of imidazole rings is 1. The molecule has 0 aliphatic rings. The Bertz CT molecular complexity index is 1270. The molecule has 0 atom stereocenters. The van der Waals surface area contributed by atoms with Crippen molar-refractivity contribution < 1.29 is 4.79 Å². The average Bonchev–Trinajstić information content (AvgIpc) is 3.25. The van der Waals surface area contributed by atoms with E-state index in [-0.39, 0.29) is 5.91 Å². The van der Waals surface area contributed by atoms with Crippen molar-refractivity contribution >= 4 is 28.7 Å². The molecule has 5 nitrogen and oxygen atoms in total. The Labute approximate surface area is 220 Å². The van der Waals surface area contributed by atoms with Gasteiger partial charge >= 0.3 is 0 Å². The Morgan fingerprint density at radius 2 is 1.86 bits per heavy atom. The van der Waals surface area contributed by atoms with E-state index in [2.05, 4.69) is 79.4 Å². The van der Waals surface area contributed by atoms with Crippen molar-refractivity contribution in [3.8, 4) is 0 Å². The van der Waals surface area contributed by atoms with E-state index >= 15 is 0 Å². The monoisotopic (exact) mass is 504 g/mol. The average molecular weight is 505 g/mol. The molecular weight excluding hydrogens is 468 g/mol. The molecule has 0 spiro atoms. The number of aromatic nitrogens is 2. The molecule has 0 radical (unpaired) electrons. The highest BCUT2D eigenvalue weighted by Gasteiger charge is 2.18. The van der Waals surface area contributed by atoms with Crippen LogP contribution in [0.1, 0.15) is 74.3 Å². The number of halogens is 1. The van der Waals surface area contributed by atoms with Gasteiger partial charge in [-0.1, -0.05) is 87.4 Å². The van der Waals surface area contributed by atoms with Crippen LogP contribution in [0.15, 0.2) is 72.6 Å². The van der Waals surface area contributed by atoms with Gasteiger partial charge in [-0.2, -0.15) is 0 Å². The second kappa shape index (κ2) is 13.1. The molecule has 190 valence electrons. The molecule has 36 heavy (non-hydrogen) atoms. The minimum absolute atomic E-state index is 0.143. The summed E-state index contributed by atoms with van der Waals surface area (Å²) in [6, 6.07) is 11.9. The predicted octanol–water partition coefficient (Wildman–Crippen LogP) is 7.12. The van der Waals surface area contributed by atoms with E-state index in [0.29, 0.717) is 29.3 Å². The van der Waals surface area contributed by atoms with Crippen LogP contribution in [-0.2, 0) is 13.0 Å². The van der Waals surface area contributed by atoms with Crippen LogP contribution >= 0.6 is 11.6 Å². The number of carbonyl (C=O) groups excluding carboxylic acids is 1. The lowest BCUT2D eigenvalue weighted by Gasteiger charge is -2.10. The topological polar surface area (TPSA) is 58.4 Å². The quantitative estimate of drug-likeness (QED) is 0.258. The van der Waals surface area contributed by atoms with Crippen LogP contribution in [-0.4, -0.2) is 21.8 Å². The molecule has 1 amide bonds. The maximum Gasteiger partial charge on any atom is 0.270 e. The molecule has 0 aliphatic carbocycles. The molecule has 3 rings (SSSR count). The zero-order valence-corrected chi connectivity index (χ0v) is 22.6. The first-order valence-corrected chi connectivity index (χ1v) is 13.1. The first kappa shape index (κ1) is 27.3. The number of aryl methyl sites for hydroxylation is 1. The minimum Gasteiger partial charge on any atom is -0.385 e. The summed E-state index contributed by atoms with van der Waals surface area (Å²) in [6.07, 6.45) is 9.87. The van der Waals surface area contributed by atoms with Gasteiger partial charge in [0.1, 0.15) is 11.3 Å². The molecule has 1 aromatic carbocycles. The highest BCUT2D eigenvalue weighted by Crippen LogP contribution is 2.20. The van der Waals surface area contributed by atoms with E-state index in [1.807, 2.05) is 6.92 Å². The Hall–Kier alpha value is -3.31. The summed E-state index contributed by atoms with van der Waals surface area (Å²) in [7, 11) is 0. The van der Waals surface area contributed by atoms with Gasteiger partial charge in [-0.05, 0) is 49.0 Å². The fraction of sp³-hybridized carbons (Fsp3) is 0.333. The van der Waals surface area contributed by atoms with Gasteiger partial charge < -0.3 is 10.6 Å². The molecule has 2 N–H and O–H groups in total. The van der Waals surface area contributed by atoms with Crippen LogP contribution in [0, 0.1) is 0 Å². The molecule has 0 aliphatic heterocycles. The summed E-state index contributed by atoms with van der Waals surface area (Å²) < 4.78 is 1.80. The first-order chi connectivity index (χ1) is 17.4. The normalized spacial score (nSPS) is 12.1.